The first-order chi connectivity index (χ1) is 19.8. The highest BCUT2D eigenvalue weighted by Crippen LogP contribution is 2.30. The molecule has 2 N–H and O–H groups in total. The number of ether oxygens (including phenoxy) is 3. The Hall–Kier alpha value is -3.15. The Morgan fingerprint density at radius 1 is 1.05 bits per heavy atom. The van der Waals surface area contributed by atoms with Crippen molar-refractivity contribution in [2.75, 3.05) is 27.3 Å². The van der Waals surface area contributed by atoms with Crippen LogP contribution in [0, 0.1) is 5.92 Å². The molecule has 0 bridgehead atoms. The quantitative estimate of drug-likeness (QED) is 0.258. The molecule has 0 aliphatic carbocycles. The number of nitrogens with zero attached hydrogens (tertiary/aromatic N) is 2. The SMILES string of the molecule is C=CCC1CC[C@@H](C(=O)OC)N1C(=O)[C@H](CC)NC(=O)OC(C)(C)C.COC(=O)[C@@H]1CC[C@@H]2CCNC[C@H](C)C(=O)N21. The molecule has 238 valence electrons. The van der Waals surface area contributed by atoms with Crippen LogP contribution in [0.25, 0.3) is 0 Å². The molecule has 0 aromatic carbocycles. The number of nitrogens with one attached hydrogen (secondary N) is 2. The zero-order chi connectivity index (χ0) is 31.6. The lowest BCUT2D eigenvalue weighted by molar-refractivity contribution is -0.154. The minimum Gasteiger partial charge on any atom is -0.467 e. The molecule has 0 saturated carbocycles. The van der Waals surface area contributed by atoms with Crippen molar-refractivity contribution in [3.63, 3.8) is 0 Å². The highest BCUT2D eigenvalue weighted by atomic mass is 16.6. The number of esters is 2. The summed E-state index contributed by atoms with van der Waals surface area (Å²) < 4.78 is 14.8. The maximum absolute atomic E-state index is 13.0. The second-order valence-corrected chi connectivity index (χ2v) is 12.1. The number of hydrogen-bond acceptors (Lipinski definition) is 9. The van der Waals surface area contributed by atoms with Gasteiger partial charge in [-0.05, 0) is 72.3 Å². The first-order valence-corrected chi connectivity index (χ1v) is 14.9. The molecule has 12 nitrogen and oxygen atoms in total. The Kier molecular flexibility index (Phi) is 13.3. The third-order valence-corrected chi connectivity index (χ3v) is 7.82. The first-order valence-electron chi connectivity index (χ1n) is 14.9. The van der Waals surface area contributed by atoms with Gasteiger partial charge in [0.1, 0.15) is 23.7 Å². The van der Waals surface area contributed by atoms with E-state index in [0.717, 1.165) is 25.8 Å². The fraction of sp³-hybridized carbons (Fsp3) is 0.767. The average molecular weight is 595 g/mol. The van der Waals surface area contributed by atoms with E-state index in [-0.39, 0.29) is 41.8 Å². The van der Waals surface area contributed by atoms with Crippen molar-refractivity contribution in [3.05, 3.63) is 12.7 Å². The summed E-state index contributed by atoms with van der Waals surface area (Å²) in [5.74, 6) is -1.00. The molecule has 1 unspecified atom stereocenters. The van der Waals surface area contributed by atoms with Crippen LogP contribution in [0.2, 0.25) is 0 Å². The van der Waals surface area contributed by atoms with Crippen molar-refractivity contribution in [2.45, 2.75) is 115 Å². The molecule has 3 fully saturated rings. The summed E-state index contributed by atoms with van der Waals surface area (Å²) in [6, 6.07) is -1.67. The predicted molar refractivity (Wildman–Crippen MR) is 156 cm³/mol. The second-order valence-electron chi connectivity index (χ2n) is 12.1. The Labute approximate surface area is 249 Å². The van der Waals surface area contributed by atoms with E-state index >= 15 is 0 Å². The minimum atomic E-state index is -0.757. The molecule has 3 saturated heterocycles. The molecular formula is C30H50N4O8. The number of fused-ring (bicyclic) bond motifs is 1. The van der Waals surface area contributed by atoms with Crippen LogP contribution in [0.4, 0.5) is 4.79 Å². The van der Waals surface area contributed by atoms with Crippen molar-refractivity contribution in [3.8, 4) is 0 Å². The van der Waals surface area contributed by atoms with Gasteiger partial charge in [-0.3, -0.25) is 9.59 Å². The number of alkyl carbamates (subject to hydrolysis) is 1. The maximum Gasteiger partial charge on any atom is 0.408 e. The van der Waals surface area contributed by atoms with Gasteiger partial charge in [0, 0.05) is 24.5 Å². The monoisotopic (exact) mass is 594 g/mol. The molecule has 0 aromatic rings. The first kappa shape index (κ1) is 35.0. The Morgan fingerprint density at radius 3 is 2.24 bits per heavy atom. The topological polar surface area (TPSA) is 144 Å². The summed E-state index contributed by atoms with van der Waals surface area (Å²) in [5, 5.41) is 5.88. The van der Waals surface area contributed by atoms with Gasteiger partial charge in [-0.2, -0.15) is 0 Å². The molecule has 0 spiro atoms. The molecule has 3 rings (SSSR count). The van der Waals surface area contributed by atoms with Crippen molar-refractivity contribution in [1.29, 1.82) is 0 Å². The van der Waals surface area contributed by atoms with Gasteiger partial charge in [-0.15, -0.1) is 6.58 Å². The van der Waals surface area contributed by atoms with Gasteiger partial charge in [-0.25, -0.2) is 14.4 Å². The summed E-state index contributed by atoms with van der Waals surface area (Å²) in [7, 11) is 2.69. The number of rotatable bonds is 7. The van der Waals surface area contributed by atoms with Gasteiger partial charge < -0.3 is 34.6 Å². The van der Waals surface area contributed by atoms with E-state index < -0.39 is 29.7 Å². The van der Waals surface area contributed by atoms with Crippen LogP contribution in [-0.4, -0.2) is 103 Å². The zero-order valence-corrected chi connectivity index (χ0v) is 26.3. The normalized spacial score (nSPS) is 26.5. The number of carbonyl (C=O) groups is 5. The lowest BCUT2D eigenvalue weighted by Crippen LogP contribution is -2.54. The minimum absolute atomic E-state index is 0.0666. The van der Waals surface area contributed by atoms with Crippen molar-refractivity contribution in [1.82, 2.24) is 20.4 Å². The fourth-order valence-electron chi connectivity index (χ4n) is 5.77. The van der Waals surface area contributed by atoms with Crippen LogP contribution in [0.1, 0.15) is 79.6 Å². The van der Waals surface area contributed by atoms with Crippen LogP contribution in [0.3, 0.4) is 0 Å². The zero-order valence-electron chi connectivity index (χ0n) is 26.3. The Bertz CT molecular complexity index is 981. The van der Waals surface area contributed by atoms with Crippen LogP contribution < -0.4 is 10.6 Å². The highest BCUT2D eigenvalue weighted by molar-refractivity contribution is 5.90. The molecule has 3 amide bonds. The van der Waals surface area contributed by atoms with Crippen molar-refractivity contribution < 1.29 is 38.2 Å². The summed E-state index contributed by atoms with van der Waals surface area (Å²) in [6.45, 7) is 14.3. The lowest BCUT2D eigenvalue weighted by atomic mass is 10.1. The molecule has 6 atom stereocenters. The molecule has 3 aliphatic rings. The largest absolute Gasteiger partial charge is 0.467 e. The van der Waals surface area contributed by atoms with E-state index in [9.17, 15) is 24.0 Å². The van der Waals surface area contributed by atoms with Gasteiger partial charge in [0.2, 0.25) is 11.8 Å². The molecule has 3 aliphatic heterocycles. The van der Waals surface area contributed by atoms with Crippen LogP contribution in [-0.2, 0) is 33.4 Å². The van der Waals surface area contributed by atoms with E-state index in [1.165, 1.54) is 14.2 Å². The van der Waals surface area contributed by atoms with Crippen molar-refractivity contribution >= 4 is 29.8 Å². The van der Waals surface area contributed by atoms with Gasteiger partial charge >= 0.3 is 18.0 Å². The molecule has 42 heavy (non-hydrogen) atoms. The molecule has 0 radical (unpaired) electrons. The van der Waals surface area contributed by atoms with Gasteiger partial charge in [0.15, 0.2) is 0 Å². The van der Waals surface area contributed by atoms with Crippen LogP contribution in [0.5, 0.6) is 0 Å². The van der Waals surface area contributed by atoms with Gasteiger partial charge in [-0.1, -0.05) is 19.9 Å². The smallest absolute Gasteiger partial charge is 0.408 e. The molecule has 12 heteroatoms. The molecular weight excluding hydrogens is 544 g/mol. The van der Waals surface area contributed by atoms with Crippen LogP contribution in [0.15, 0.2) is 12.7 Å². The van der Waals surface area contributed by atoms with Crippen LogP contribution >= 0.6 is 0 Å². The third-order valence-electron chi connectivity index (χ3n) is 7.82. The average Bonchev–Trinajstić information content (AvgIpc) is 3.55. The summed E-state index contributed by atoms with van der Waals surface area (Å²) in [4.78, 5) is 64.4. The summed E-state index contributed by atoms with van der Waals surface area (Å²) in [6.07, 6.45) is 5.85. The summed E-state index contributed by atoms with van der Waals surface area (Å²) in [5.41, 5.74) is -0.654. The lowest BCUT2D eigenvalue weighted by Gasteiger charge is -2.33. The number of amides is 3. The number of carbonyl (C=O) groups excluding carboxylic acids is 5. The van der Waals surface area contributed by atoms with Gasteiger partial charge in [0.05, 0.1) is 14.2 Å². The summed E-state index contributed by atoms with van der Waals surface area (Å²) >= 11 is 0. The number of likely N-dealkylation sites (tertiary alicyclic amines) is 1. The predicted octanol–water partition coefficient (Wildman–Crippen LogP) is 2.55. The van der Waals surface area contributed by atoms with E-state index in [1.807, 2.05) is 6.92 Å². The number of methoxy groups -OCH3 is 2. The molecule has 3 heterocycles. The Morgan fingerprint density at radius 2 is 1.67 bits per heavy atom. The molecule has 0 aromatic heterocycles. The van der Waals surface area contributed by atoms with Gasteiger partial charge in [0.25, 0.3) is 0 Å². The maximum atomic E-state index is 13.0. The van der Waals surface area contributed by atoms with E-state index in [2.05, 4.69) is 17.2 Å². The fourth-order valence-corrected chi connectivity index (χ4v) is 5.77. The Balaban J connectivity index is 0.000000314. The second kappa shape index (κ2) is 15.9. The van der Waals surface area contributed by atoms with E-state index in [1.54, 1.807) is 43.6 Å². The van der Waals surface area contributed by atoms with Crippen molar-refractivity contribution in [2.24, 2.45) is 5.92 Å². The van der Waals surface area contributed by atoms with E-state index in [4.69, 9.17) is 14.2 Å². The third kappa shape index (κ3) is 9.17. The highest BCUT2D eigenvalue weighted by Gasteiger charge is 2.44. The number of hydrogen-bond donors (Lipinski definition) is 2. The van der Waals surface area contributed by atoms with E-state index in [0.29, 0.717) is 32.2 Å². The standard InChI is InChI=1S/C18H30N2O5.C12H20N2O3/c1-7-9-12-10-11-14(16(22)24-6)20(12)15(21)13(8-2)19-17(23)25-18(3,4)5;1-8-7-13-6-5-9-3-4-10(12(16)17-2)14(9)11(8)15/h7,12-14H,1,8-11H2,2-6H3,(H,19,23);8-10,13H,3-7H2,1-2H3/t12?,13-,14-;8-,9+,10-/m00/s1.